The van der Waals surface area contributed by atoms with Gasteiger partial charge in [-0.2, -0.15) is 0 Å². The monoisotopic (exact) mass is 214 g/mol. The molecule has 3 nitrogen and oxygen atoms in total. The third-order valence-electron chi connectivity index (χ3n) is 2.04. The minimum atomic E-state index is -0.368. The Morgan fingerprint density at radius 1 is 1.00 bits per heavy atom. The van der Waals surface area contributed by atoms with Crippen molar-refractivity contribution in [1.29, 1.82) is 0 Å². The lowest BCUT2D eigenvalue weighted by Crippen LogP contribution is -1.94. The SMILES string of the molecule is O=c1cccc(C=Cc2ccc(O)cc2)o1. The molecule has 0 fully saturated rings. The van der Waals surface area contributed by atoms with E-state index in [4.69, 9.17) is 9.52 Å². The van der Waals surface area contributed by atoms with Crippen LogP contribution >= 0.6 is 0 Å². The van der Waals surface area contributed by atoms with Crippen molar-refractivity contribution in [1.82, 2.24) is 0 Å². The lowest BCUT2D eigenvalue weighted by Gasteiger charge is -1.94. The van der Waals surface area contributed by atoms with Gasteiger partial charge in [0.05, 0.1) is 0 Å². The zero-order chi connectivity index (χ0) is 11.4. The highest BCUT2D eigenvalue weighted by molar-refractivity contribution is 5.67. The van der Waals surface area contributed by atoms with Crippen LogP contribution < -0.4 is 5.63 Å². The highest BCUT2D eigenvalue weighted by Gasteiger charge is 1.91. The highest BCUT2D eigenvalue weighted by atomic mass is 16.4. The third-order valence-corrected chi connectivity index (χ3v) is 2.04. The molecule has 0 aliphatic heterocycles. The van der Waals surface area contributed by atoms with Gasteiger partial charge in [-0.3, -0.25) is 0 Å². The first-order chi connectivity index (χ1) is 7.74. The smallest absolute Gasteiger partial charge is 0.336 e. The zero-order valence-electron chi connectivity index (χ0n) is 8.46. The molecule has 0 atom stereocenters. The number of phenolic OH excluding ortho intramolecular Hbond substituents is 1. The second-order valence-electron chi connectivity index (χ2n) is 3.27. The molecule has 1 heterocycles. The molecular formula is C13H10O3. The molecule has 0 amide bonds. The Bertz CT molecular complexity index is 550. The van der Waals surface area contributed by atoms with E-state index >= 15 is 0 Å². The van der Waals surface area contributed by atoms with Gasteiger partial charge in [0.2, 0.25) is 0 Å². The van der Waals surface area contributed by atoms with E-state index in [0.29, 0.717) is 5.76 Å². The molecule has 2 aromatic rings. The van der Waals surface area contributed by atoms with Crippen LogP contribution in [0.5, 0.6) is 5.75 Å². The van der Waals surface area contributed by atoms with Crippen LogP contribution in [0.25, 0.3) is 12.2 Å². The number of phenols is 1. The fourth-order valence-electron chi connectivity index (χ4n) is 1.26. The molecule has 80 valence electrons. The van der Waals surface area contributed by atoms with Crippen LogP contribution in [0.15, 0.2) is 51.7 Å². The van der Waals surface area contributed by atoms with E-state index in [9.17, 15) is 4.79 Å². The van der Waals surface area contributed by atoms with Crippen molar-refractivity contribution in [2.75, 3.05) is 0 Å². The van der Waals surface area contributed by atoms with Crippen molar-refractivity contribution < 1.29 is 9.52 Å². The first-order valence-corrected chi connectivity index (χ1v) is 4.81. The minimum absolute atomic E-state index is 0.225. The van der Waals surface area contributed by atoms with E-state index in [2.05, 4.69) is 0 Å². The summed E-state index contributed by atoms with van der Waals surface area (Å²) in [5.74, 6) is 0.726. The number of benzene rings is 1. The molecule has 0 aliphatic carbocycles. The molecule has 0 saturated carbocycles. The number of hydrogen-bond donors (Lipinski definition) is 1. The summed E-state index contributed by atoms with van der Waals surface area (Å²) in [6.45, 7) is 0. The largest absolute Gasteiger partial charge is 0.508 e. The van der Waals surface area contributed by atoms with E-state index in [1.807, 2.05) is 0 Å². The van der Waals surface area contributed by atoms with Gasteiger partial charge >= 0.3 is 5.63 Å². The average Bonchev–Trinajstić information content (AvgIpc) is 2.28. The Morgan fingerprint density at radius 2 is 1.75 bits per heavy atom. The van der Waals surface area contributed by atoms with E-state index in [1.54, 1.807) is 48.6 Å². The van der Waals surface area contributed by atoms with Crippen molar-refractivity contribution in [3.63, 3.8) is 0 Å². The topological polar surface area (TPSA) is 50.4 Å². The summed E-state index contributed by atoms with van der Waals surface area (Å²) in [7, 11) is 0. The molecule has 0 unspecified atom stereocenters. The van der Waals surface area contributed by atoms with Crippen LogP contribution in [0.4, 0.5) is 0 Å². The standard InChI is InChI=1S/C13H10O3/c14-11-7-4-10(5-8-11)6-9-12-2-1-3-13(15)16-12/h1-9,14H. The zero-order valence-corrected chi connectivity index (χ0v) is 8.46. The van der Waals surface area contributed by atoms with E-state index in [0.717, 1.165) is 5.56 Å². The van der Waals surface area contributed by atoms with E-state index in [1.165, 1.54) is 6.07 Å². The van der Waals surface area contributed by atoms with Crippen LogP contribution in [0, 0.1) is 0 Å². The Balaban J connectivity index is 2.21. The molecule has 0 bridgehead atoms. The molecule has 1 N–H and O–H groups in total. The summed E-state index contributed by atoms with van der Waals surface area (Å²) in [6.07, 6.45) is 3.51. The molecular weight excluding hydrogens is 204 g/mol. The van der Waals surface area contributed by atoms with Gasteiger partial charge in [0.15, 0.2) is 0 Å². The summed E-state index contributed by atoms with van der Waals surface area (Å²) in [5.41, 5.74) is 0.553. The maximum absolute atomic E-state index is 10.9. The van der Waals surface area contributed by atoms with Crippen molar-refractivity contribution in [3.8, 4) is 5.75 Å². The number of hydrogen-bond acceptors (Lipinski definition) is 3. The quantitative estimate of drug-likeness (QED) is 0.835. The minimum Gasteiger partial charge on any atom is -0.508 e. The van der Waals surface area contributed by atoms with Crippen LogP contribution in [-0.4, -0.2) is 5.11 Å². The summed E-state index contributed by atoms with van der Waals surface area (Å²) in [4.78, 5) is 10.9. The molecule has 1 aromatic carbocycles. The molecule has 16 heavy (non-hydrogen) atoms. The van der Waals surface area contributed by atoms with Crippen LogP contribution in [0.3, 0.4) is 0 Å². The van der Waals surface area contributed by atoms with Crippen LogP contribution in [0.2, 0.25) is 0 Å². The summed E-state index contributed by atoms with van der Waals surface area (Å²) >= 11 is 0. The fraction of sp³-hybridized carbons (Fsp3) is 0. The summed E-state index contributed by atoms with van der Waals surface area (Å²) in [5, 5.41) is 9.09. The summed E-state index contributed by atoms with van der Waals surface area (Å²) in [6, 6.07) is 11.4. The molecule has 0 aliphatic rings. The molecule has 0 radical (unpaired) electrons. The predicted molar refractivity (Wildman–Crippen MR) is 62.0 cm³/mol. The second kappa shape index (κ2) is 4.49. The maximum Gasteiger partial charge on any atom is 0.336 e. The molecule has 0 saturated heterocycles. The van der Waals surface area contributed by atoms with Gasteiger partial charge < -0.3 is 9.52 Å². The van der Waals surface area contributed by atoms with Gasteiger partial charge in [-0.25, -0.2) is 4.79 Å². The molecule has 3 heteroatoms. The van der Waals surface area contributed by atoms with Gasteiger partial charge in [0.1, 0.15) is 11.5 Å². The van der Waals surface area contributed by atoms with Crippen molar-refractivity contribution in [3.05, 3.63) is 64.2 Å². The first kappa shape index (κ1) is 10.2. The van der Waals surface area contributed by atoms with E-state index in [-0.39, 0.29) is 11.4 Å². The second-order valence-corrected chi connectivity index (χ2v) is 3.27. The van der Waals surface area contributed by atoms with Crippen LogP contribution in [-0.2, 0) is 0 Å². The average molecular weight is 214 g/mol. The Hall–Kier alpha value is -2.29. The van der Waals surface area contributed by atoms with Crippen molar-refractivity contribution >= 4 is 12.2 Å². The third kappa shape index (κ3) is 2.60. The van der Waals surface area contributed by atoms with Gasteiger partial charge in [-0.05, 0) is 29.8 Å². The summed E-state index contributed by atoms with van der Waals surface area (Å²) < 4.78 is 4.93. The Labute approximate surface area is 92.3 Å². The number of aromatic hydroxyl groups is 1. The Morgan fingerprint density at radius 3 is 2.44 bits per heavy atom. The van der Waals surface area contributed by atoms with Gasteiger partial charge in [-0.1, -0.05) is 24.3 Å². The lowest BCUT2D eigenvalue weighted by atomic mass is 10.2. The van der Waals surface area contributed by atoms with Crippen molar-refractivity contribution in [2.24, 2.45) is 0 Å². The van der Waals surface area contributed by atoms with Gasteiger partial charge in [0.25, 0.3) is 0 Å². The van der Waals surface area contributed by atoms with Gasteiger partial charge in [0, 0.05) is 6.07 Å². The van der Waals surface area contributed by atoms with Crippen molar-refractivity contribution in [2.45, 2.75) is 0 Å². The molecule has 1 aromatic heterocycles. The highest BCUT2D eigenvalue weighted by Crippen LogP contribution is 2.12. The molecule has 0 spiro atoms. The molecule has 2 rings (SSSR count). The first-order valence-electron chi connectivity index (χ1n) is 4.81. The fourth-order valence-corrected chi connectivity index (χ4v) is 1.26. The lowest BCUT2D eigenvalue weighted by molar-refractivity contribution is 0.475. The normalized spacial score (nSPS) is 10.8. The van der Waals surface area contributed by atoms with Crippen LogP contribution in [0.1, 0.15) is 11.3 Å². The predicted octanol–water partition coefficient (Wildman–Crippen LogP) is 2.52. The van der Waals surface area contributed by atoms with E-state index < -0.39 is 0 Å². The Kier molecular flexibility index (Phi) is 2.87. The maximum atomic E-state index is 10.9. The van der Waals surface area contributed by atoms with Gasteiger partial charge in [-0.15, -0.1) is 0 Å². The number of rotatable bonds is 2.